The van der Waals surface area contributed by atoms with E-state index in [0.717, 1.165) is 25.9 Å². The van der Waals surface area contributed by atoms with Crippen molar-refractivity contribution in [3.05, 3.63) is 22.4 Å². The molecule has 0 aliphatic carbocycles. The molecule has 0 aromatic carbocycles. The predicted octanol–water partition coefficient (Wildman–Crippen LogP) is 2.43. The molecule has 2 heterocycles. The normalized spacial score (nSPS) is 26.8. The second kappa shape index (κ2) is 4.97. The molecule has 1 N–H and O–H groups in total. The first-order chi connectivity index (χ1) is 7.68. The van der Waals surface area contributed by atoms with Crippen LogP contribution in [-0.2, 0) is 11.3 Å². The van der Waals surface area contributed by atoms with Gasteiger partial charge in [-0.15, -0.1) is 11.3 Å². The van der Waals surface area contributed by atoms with Gasteiger partial charge in [0.05, 0.1) is 0 Å². The van der Waals surface area contributed by atoms with E-state index in [9.17, 15) is 9.90 Å². The van der Waals surface area contributed by atoms with Crippen LogP contribution in [0.4, 0.5) is 0 Å². The fraction of sp³-hybridized carbons (Fsp3) is 0.583. The van der Waals surface area contributed by atoms with Crippen LogP contribution in [0, 0.1) is 5.92 Å². The second-order valence-corrected chi connectivity index (χ2v) is 5.48. The number of nitrogens with zero attached hydrogens (tertiary/aromatic N) is 1. The SMILES string of the molecule is CC1CCCN(Cc2cccs2)C1C(=O)O. The molecule has 2 atom stereocenters. The summed E-state index contributed by atoms with van der Waals surface area (Å²) in [6.07, 6.45) is 2.13. The Morgan fingerprint density at radius 1 is 1.69 bits per heavy atom. The van der Waals surface area contributed by atoms with Gasteiger partial charge in [0.25, 0.3) is 0 Å². The van der Waals surface area contributed by atoms with E-state index in [2.05, 4.69) is 11.0 Å². The number of piperidine rings is 1. The fourth-order valence-electron chi connectivity index (χ4n) is 2.45. The van der Waals surface area contributed by atoms with Gasteiger partial charge >= 0.3 is 5.97 Å². The number of likely N-dealkylation sites (tertiary alicyclic amines) is 1. The summed E-state index contributed by atoms with van der Waals surface area (Å²) in [7, 11) is 0. The summed E-state index contributed by atoms with van der Waals surface area (Å²) in [5.41, 5.74) is 0. The Bertz CT molecular complexity index is 350. The van der Waals surface area contributed by atoms with Crippen LogP contribution in [0.5, 0.6) is 0 Å². The Hall–Kier alpha value is -0.870. The zero-order chi connectivity index (χ0) is 11.5. The van der Waals surface area contributed by atoms with Gasteiger partial charge in [-0.2, -0.15) is 0 Å². The number of hydrogen-bond acceptors (Lipinski definition) is 3. The van der Waals surface area contributed by atoms with Gasteiger partial charge in [0.2, 0.25) is 0 Å². The van der Waals surface area contributed by atoms with Gasteiger partial charge in [0.15, 0.2) is 0 Å². The maximum Gasteiger partial charge on any atom is 0.321 e. The number of hydrogen-bond donors (Lipinski definition) is 1. The van der Waals surface area contributed by atoms with Gasteiger partial charge in [0.1, 0.15) is 6.04 Å². The quantitative estimate of drug-likeness (QED) is 0.880. The third-order valence-corrected chi connectivity index (χ3v) is 4.09. The second-order valence-electron chi connectivity index (χ2n) is 4.45. The minimum Gasteiger partial charge on any atom is -0.480 e. The number of thiophene rings is 1. The van der Waals surface area contributed by atoms with Crippen LogP contribution in [0.2, 0.25) is 0 Å². The predicted molar refractivity (Wildman–Crippen MR) is 64.6 cm³/mol. The van der Waals surface area contributed by atoms with Crippen molar-refractivity contribution in [3.8, 4) is 0 Å². The molecule has 0 amide bonds. The van der Waals surface area contributed by atoms with Crippen LogP contribution in [0.25, 0.3) is 0 Å². The van der Waals surface area contributed by atoms with Crippen molar-refractivity contribution in [1.29, 1.82) is 0 Å². The average Bonchev–Trinajstić information content (AvgIpc) is 2.70. The van der Waals surface area contributed by atoms with E-state index in [4.69, 9.17) is 0 Å². The smallest absolute Gasteiger partial charge is 0.321 e. The van der Waals surface area contributed by atoms with Crippen molar-refractivity contribution < 1.29 is 9.90 Å². The average molecular weight is 239 g/mol. The summed E-state index contributed by atoms with van der Waals surface area (Å²) in [5.74, 6) is -0.421. The first kappa shape index (κ1) is 11.6. The van der Waals surface area contributed by atoms with E-state index in [1.54, 1.807) is 11.3 Å². The summed E-state index contributed by atoms with van der Waals surface area (Å²) in [4.78, 5) is 14.6. The van der Waals surface area contributed by atoms with E-state index < -0.39 is 5.97 Å². The lowest BCUT2D eigenvalue weighted by atomic mass is 9.91. The molecule has 0 saturated carbocycles. The van der Waals surface area contributed by atoms with E-state index in [1.165, 1.54) is 4.88 Å². The summed E-state index contributed by atoms with van der Waals surface area (Å²) < 4.78 is 0. The van der Waals surface area contributed by atoms with Crippen molar-refractivity contribution in [3.63, 3.8) is 0 Å². The molecule has 1 aliphatic rings. The summed E-state index contributed by atoms with van der Waals surface area (Å²) >= 11 is 1.70. The van der Waals surface area contributed by atoms with Crippen LogP contribution in [-0.4, -0.2) is 28.6 Å². The third kappa shape index (κ3) is 2.44. The molecule has 2 unspecified atom stereocenters. The van der Waals surface area contributed by atoms with Gasteiger partial charge in [-0.25, -0.2) is 0 Å². The van der Waals surface area contributed by atoms with Crippen molar-refractivity contribution in [2.24, 2.45) is 5.92 Å². The molecule has 1 aliphatic heterocycles. The Morgan fingerprint density at radius 2 is 2.50 bits per heavy atom. The molecule has 0 spiro atoms. The maximum absolute atomic E-state index is 11.3. The highest BCUT2D eigenvalue weighted by atomic mass is 32.1. The molecule has 0 radical (unpaired) electrons. The van der Waals surface area contributed by atoms with E-state index in [1.807, 2.05) is 18.4 Å². The molecule has 1 aromatic rings. The molecular weight excluding hydrogens is 222 g/mol. The number of carbonyl (C=O) groups is 1. The molecule has 1 fully saturated rings. The molecule has 1 aromatic heterocycles. The Kier molecular flexibility index (Phi) is 3.61. The largest absolute Gasteiger partial charge is 0.480 e. The zero-order valence-corrected chi connectivity index (χ0v) is 10.2. The van der Waals surface area contributed by atoms with Crippen LogP contribution < -0.4 is 0 Å². The Balaban J connectivity index is 2.08. The standard InChI is InChI=1S/C12H17NO2S/c1-9-4-2-6-13(11(9)12(14)15)8-10-5-3-7-16-10/h3,5,7,9,11H,2,4,6,8H2,1H3,(H,14,15). The maximum atomic E-state index is 11.3. The molecular formula is C12H17NO2S. The highest BCUT2D eigenvalue weighted by Gasteiger charge is 2.33. The molecule has 3 nitrogen and oxygen atoms in total. The molecule has 16 heavy (non-hydrogen) atoms. The number of carboxylic acids is 1. The first-order valence-electron chi connectivity index (χ1n) is 5.67. The van der Waals surface area contributed by atoms with Crippen molar-refractivity contribution >= 4 is 17.3 Å². The Morgan fingerprint density at radius 3 is 3.12 bits per heavy atom. The van der Waals surface area contributed by atoms with E-state index in [0.29, 0.717) is 0 Å². The summed E-state index contributed by atoms with van der Waals surface area (Å²) in [5, 5.41) is 11.3. The van der Waals surface area contributed by atoms with E-state index in [-0.39, 0.29) is 12.0 Å². The molecule has 0 bridgehead atoms. The molecule has 88 valence electrons. The van der Waals surface area contributed by atoms with Crippen LogP contribution in [0.1, 0.15) is 24.6 Å². The monoisotopic (exact) mass is 239 g/mol. The number of aliphatic carboxylic acids is 1. The summed E-state index contributed by atoms with van der Waals surface area (Å²) in [6, 6.07) is 3.78. The topological polar surface area (TPSA) is 40.5 Å². The minimum atomic E-state index is -0.677. The first-order valence-corrected chi connectivity index (χ1v) is 6.55. The van der Waals surface area contributed by atoms with Crippen molar-refractivity contribution in [2.45, 2.75) is 32.4 Å². The lowest BCUT2D eigenvalue weighted by Crippen LogP contribution is -2.48. The van der Waals surface area contributed by atoms with Gasteiger partial charge in [-0.3, -0.25) is 9.69 Å². The number of carboxylic acid groups (broad SMARTS) is 1. The number of rotatable bonds is 3. The van der Waals surface area contributed by atoms with Crippen molar-refractivity contribution in [2.75, 3.05) is 6.54 Å². The van der Waals surface area contributed by atoms with Gasteiger partial charge in [-0.05, 0) is 36.8 Å². The van der Waals surface area contributed by atoms with Crippen LogP contribution in [0.3, 0.4) is 0 Å². The van der Waals surface area contributed by atoms with Crippen LogP contribution in [0.15, 0.2) is 17.5 Å². The van der Waals surface area contributed by atoms with E-state index >= 15 is 0 Å². The lowest BCUT2D eigenvalue weighted by Gasteiger charge is -2.36. The zero-order valence-electron chi connectivity index (χ0n) is 9.43. The minimum absolute atomic E-state index is 0.256. The fourth-order valence-corrected chi connectivity index (χ4v) is 3.18. The molecule has 2 rings (SSSR count). The Labute approximate surface area is 99.7 Å². The highest BCUT2D eigenvalue weighted by molar-refractivity contribution is 7.09. The van der Waals surface area contributed by atoms with Gasteiger partial charge in [-0.1, -0.05) is 13.0 Å². The molecule has 1 saturated heterocycles. The van der Waals surface area contributed by atoms with Gasteiger partial charge in [0, 0.05) is 11.4 Å². The summed E-state index contributed by atoms with van der Waals surface area (Å²) in [6.45, 7) is 3.72. The lowest BCUT2D eigenvalue weighted by molar-refractivity contribution is -0.147. The van der Waals surface area contributed by atoms with Crippen molar-refractivity contribution in [1.82, 2.24) is 4.90 Å². The third-order valence-electron chi connectivity index (χ3n) is 3.23. The van der Waals surface area contributed by atoms with Crippen LogP contribution >= 0.6 is 11.3 Å². The highest BCUT2D eigenvalue weighted by Crippen LogP contribution is 2.26. The van der Waals surface area contributed by atoms with Gasteiger partial charge < -0.3 is 5.11 Å². The molecule has 4 heteroatoms.